The van der Waals surface area contributed by atoms with Gasteiger partial charge in [0.05, 0.1) is 7.11 Å². The average Bonchev–Trinajstić information content (AvgIpc) is 2.35. The molecular formula is C14H20ClO3S. The third kappa shape index (κ3) is 5.41. The molecule has 0 N–H and O–H groups in total. The van der Waals surface area contributed by atoms with Crippen LogP contribution in [0.15, 0.2) is 18.2 Å². The number of methoxy groups -OCH3 is 1. The Morgan fingerprint density at radius 2 is 2.11 bits per heavy atom. The number of hydrogen-bond acceptors (Lipinski definition) is 3. The highest BCUT2D eigenvalue weighted by Gasteiger charge is 2.16. The maximum Gasteiger partial charge on any atom is 0.140 e. The van der Waals surface area contributed by atoms with Crippen LogP contribution in [0, 0.1) is 18.8 Å². The molecule has 0 aliphatic rings. The zero-order chi connectivity index (χ0) is 14.4. The predicted molar refractivity (Wildman–Crippen MR) is 79.5 cm³/mol. The van der Waals surface area contributed by atoms with Gasteiger partial charge in [0.1, 0.15) is 16.5 Å². The molecule has 1 rings (SSSR count). The minimum atomic E-state index is -2.33. The molecule has 0 aliphatic carbocycles. The van der Waals surface area contributed by atoms with E-state index in [0.29, 0.717) is 11.4 Å². The third-order valence-corrected chi connectivity index (χ3v) is 4.20. The van der Waals surface area contributed by atoms with Crippen LogP contribution in [0.1, 0.15) is 18.9 Å². The minimum Gasteiger partial charge on any atom is -0.497 e. The molecule has 0 fully saturated rings. The zero-order valence-corrected chi connectivity index (χ0v) is 12.9. The van der Waals surface area contributed by atoms with Gasteiger partial charge in [-0.3, -0.25) is 0 Å². The van der Waals surface area contributed by atoms with Crippen LogP contribution in [0.2, 0.25) is 5.02 Å². The quantitative estimate of drug-likeness (QED) is 0.788. The van der Waals surface area contributed by atoms with E-state index in [-0.39, 0.29) is 17.6 Å². The highest BCUT2D eigenvalue weighted by Crippen LogP contribution is 2.28. The van der Waals surface area contributed by atoms with Crippen LogP contribution in [-0.2, 0) is 17.1 Å². The fraction of sp³-hybridized carbons (Fsp3) is 0.500. The summed E-state index contributed by atoms with van der Waals surface area (Å²) in [5.41, 5.74) is 1.00. The molecule has 0 aromatic heterocycles. The van der Waals surface area contributed by atoms with E-state index in [0.717, 1.165) is 17.7 Å². The molecule has 0 heterocycles. The molecule has 1 aromatic rings. The first-order valence-electron chi connectivity index (χ1n) is 6.21. The van der Waals surface area contributed by atoms with Crippen molar-refractivity contribution < 1.29 is 13.2 Å². The number of thiol groups is 1. The number of rotatable bonds is 7. The van der Waals surface area contributed by atoms with Crippen molar-refractivity contribution in [2.75, 3.05) is 12.9 Å². The topological polar surface area (TPSA) is 43.4 Å². The zero-order valence-electron chi connectivity index (χ0n) is 11.3. The smallest absolute Gasteiger partial charge is 0.140 e. The Balaban J connectivity index is 2.78. The van der Waals surface area contributed by atoms with E-state index in [1.165, 1.54) is 0 Å². The molecule has 107 valence electrons. The molecule has 1 aromatic carbocycles. The summed E-state index contributed by atoms with van der Waals surface area (Å²) in [7, 11) is -0.734. The van der Waals surface area contributed by atoms with Gasteiger partial charge in [0, 0.05) is 10.8 Å². The van der Waals surface area contributed by atoms with Gasteiger partial charge in [0.15, 0.2) is 0 Å². The van der Waals surface area contributed by atoms with Crippen LogP contribution in [0.4, 0.5) is 0 Å². The van der Waals surface area contributed by atoms with Gasteiger partial charge < -0.3 is 4.74 Å². The second kappa shape index (κ2) is 7.75. The summed E-state index contributed by atoms with van der Waals surface area (Å²) >= 11 is 6.20. The van der Waals surface area contributed by atoms with Gasteiger partial charge in [-0.25, -0.2) is 8.42 Å². The lowest BCUT2D eigenvalue weighted by atomic mass is 9.87. The van der Waals surface area contributed by atoms with E-state index in [4.69, 9.17) is 16.3 Å². The van der Waals surface area contributed by atoms with Crippen LogP contribution in [-0.4, -0.2) is 21.3 Å². The van der Waals surface area contributed by atoms with Crippen molar-refractivity contribution in [1.82, 2.24) is 0 Å². The van der Waals surface area contributed by atoms with E-state index in [1.807, 2.05) is 19.1 Å². The van der Waals surface area contributed by atoms with Gasteiger partial charge in [0.2, 0.25) is 0 Å². The van der Waals surface area contributed by atoms with Gasteiger partial charge in [0.25, 0.3) is 0 Å². The largest absolute Gasteiger partial charge is 0.497 e. The summed E-state index contributed by atoms with van der Waals surface area (Å²) in [4.78, 5) is 0. The maximum absolute atomic E-state index is 10.7. The maximum atomic E-state index is 10.7. The fourth-order valence-corrected chi connectivity index (χ4v) is 2.75. The normalized spacial score (nSPS) is 12.9. The monoisotopic (exact) mass is 303 g/mol. The molecule has 19 heavy (non-hydrogen) atoms. The molecule has 2 atom stereocenters. The summed E-state index contributed by atoms with van der Waals surface area (Å²) in [6.45, 7) is 6.01. The van der Waals surface area contributed by atoms with E-state index >= 15 is 0 Å². The minimum absolute atomic E-state index is 0.174. The van der Waals surface area contributed by atoms with Crippen LogP contribution < -0.4 is 4.74 Å². The molecule has 0 aliphatic heterocycles. The molecular weight excluding hydrogens is 284 g/mol. The summed E-state index contributed by atoms with van der Waals surface area (Å²) in [5, 5.41) is 0.650. The Kier molecular flexibility index (Phi) is 6.66. The van der Waals surface area contributed by atoms with Crippen LogP contribution in [0.5, 0.6) is 5.75 Å². The van der Waals surface area contributed by atoms with Gasteiger partial charge in [-0.2, -0.15) is 0 Å². The molecule has 5 heteroatoms. The van der Waals surface area contributed by atoms with Crippen molar-refractivity contribution in [3.05, 3.63) is 35.7 Å². The van der Waals surface area contributed by atoms with Crippen molar-refractivity contribution in [3.8, 4) is 5.75 Å². The predicted octanol–water partition coefficient (Wildman–Crippen LogP) is 2.98. The highest BCUT2D eigenvalue weighted by atomic mass is 35.5. The first-order valence-corrected chi connectivity index (χ1v) is 7.95. The Hall–Kier alpha value is -0.740. The molecule has 0 amide bonds. The van der Waals surface area contributed by atoms with Crippen molar-refractivity contribution >= 4 is 22.3 Å². The number of hydrogen-bond donors (Lipinski definition) is 1. The molecule has 0 spiro atoms. The van der Waals surface area contributed by atoms with Gasteiger partial charge in [-0.1, -0.05) is 31.5 Å². The Labute approximate surface area is 121 Å². The van der Waals surface area contributed by atoms with Gasteiger partial charge >= 0.3 is 0 Å². The van der Waals surface area contributed by atoms with E-state index in [1.54, 1.807) is 13.2 Å². The van der Waals surface area contributed by atoms with Crippen LogP contribution >= 0.6 is 11.6 Å². The first-order chi connectivity index (χ1) is 8.93. The highest BCUT2D eigenvalue weighted by molar-refractivity contribution is 7.72. The van der Waals surface area contributed by atoms with E-state index < -0.39 is 10.7 Å². The first kappa shape index (κ1) is 16.3. The standard InChI is InChI=1S/C14H20ClO3S/c1-10(2)11(6-7-19(16)17)8-12-4-5-13(18-3)9-14(12)15/h4-5,9-11,19H,1,6-8H2,2-3H3. The second-order valence-electron chi connectivity index (χ2n) is 4.74. The number of benzene rings is 1. The second-order valence-corrected chi connectivity index (χ2v) is 6.26. The lowest BCUT2D eigenvalue weighted by Crippen LogP contribution is -2.14. The summed E-state index contributed by atoms with van der Waals surface area (Å²) in [6.07, 6.45) is 1.35. The fourth-order valence-electron chi connectivity index (χ4n) is 1.96. The molecule has 2 unspecified atom stereocenters. The van der Waals surface area contributed by atoms with Crippen LogP contribution in [0.3, 0.4) is 0 Å². The van der Waals surface area contributed by atoms with Crippen LogP contribution in [0.25, 0.3) is 0 Å². The van der Waals surface area contributed by atoms with Gasteiger partial charge in [-0.15, -0.1) is 0 Å². The van der Waals surface area contributed by atoms with E-state index in [9.17, 15) is 8.42 Å². The Morgan fingerprint density at radius 1 is 1.42 bits per heavy atom. The molecule has 0 bridgehead atoms. The van der Waals surface area contributed by atoms with Crippen molar-refractivity contribution in [3.63, 3.8) is 0 Å². The van der Waals surface area contributed by atoms with E-state index in [2.05, 4.69) is 6.92 Å². The number of ether oxygens (including phenoxy) is 1. The summed E-state index contributed by atoms with van der Waals surface area (Å²) in [5.74, 6) is 1.30. The molecule has 0 saturated heterocycles. The van der Waals surface area contributed by atoms with Crippen molar-refractivity contribution in [2.45, 2.75) is 19.8 Å². The third-order valence-electron chi connectivity index (χ3n) is 3.23. The van der Waals surface area contributed by atoms with Gasteiger partial charge in [-0.05, 0) is 42.4 Å². The molecule has 0 saturated carbocycles. The Bertz CT molecular complexity index is 476. The SMILES string of the molecule is [CH2]C(C)C(CC[SH](=O)=O)Cc1ccc(OC)cc1Cl. The molecule has 3 nitrogen and oxygen atoms in total. The molecule has 1 radical (unpaired) electrons. The lowest BCUT2D eigenvalue weighted by Gasteiger charge is -2.20. The summed E-state index contributed by atoms with van der Waals surface area (Å²) < 4.78 is 26.5. The van der Waals surface area contributed by atoms with Crippen molar-refractivity contribution in [1.29, 1.82) is 0 Å². The Morgan fingerprint density at radius 3 is 2.58 bits per heavy atom. The van der Waals surface area contributed by atoms with Crippen molar-refractivity contribution in [2.24, 2.45) is 11.8 Å². The average molecular weight is 304 g/mol. The lowest BCUT2D eigenvalue weighted by molar-refractivity contribution is 0.401. The summed E-state index contributed by atoms with van der Waals surface area (Å²) in [6, 6.07) is 5.56. The number of halogens is 1.